The molecule has 4 N–H and O–H groups in total. The van der Waals surface area contributed by atoms with Gasteiger partial charge in [-0.3, -0.25) is 4.79 Å². The Morgan fingerprint density at radius 1 is 1.57 bits per heavy atom. The van der Waals surface area contributed by atoms with Gasteiger partial charge in [0.05, 0.1) is 10.6 Å². The molecule has 1 unspecified atom stereocenters. The number of aliphatic hydroxyl groups excluding tert-OH is 2. The molecule has 0 saturated carbocycles. The largest absolute Gasteiger partial charge is 0.490 e. The maximum absolute atomic E-state index is 11.4. The van der Waals surface area contributed by atoms with E-state index in [0.29, 0.717) is 27.4 Å². The number of nitrogens with two attached hydrogens (primary N) is 1. The molecular formula is C16H14N2O4S. The Balaban J connectivity index is 2.15. The molecule has 0 radical (unpaired) electrons. The first-order chi connectivity index (χ1) is 11.0. The van der Waals surface area contributed by atoms with Crippen molar-refractivity contribution >= 4 is 17.2 Å². The second-order valence-corrected chi connectivity index (χ2v) is 6.11. The Morgan fingerprint density at radius 3 is 3.04 bits per heavy atom. The molecule has 0 saturated heterocycles. The first-order valence-electron chi connectivity index (χ1n) is 6.91. The summed E-state index contributed by atoms with van der Waals surface area (Å²) < 4.78 is 5.59. The average Bonchev–Trinajstić information content (AvgIpc) is 2.91. The highest BCUT2D eigenvalue weighted by atomic mass is 32.1. The lowest BCUT2D eigenvalue weighted by atomic mass is 10.1. The summed E-state index contributed by atoms with van der Waals surface area (Å²) in [6.07, 6.45) is -1.61. The fourth-order valence-electron chi connectivity index (χ4n) is 2.21. The van der Waals surface area contributed by atoms with Crippen LogP contribution in [0.4, 0.5) is 0 Å². The van der Waals surface area contributed by atoms with E-state index in [2.05, 4.69) is 16.8 Å². The predicted molar refractivity (Wildman–Crippen MR) is 85.1 cm³/mol. The summed E-state index contributed by atoms with van der Waals surface area (Å²) in [5.74, 6) is 5.43. The number of hydrogen-bond acceptors (Lipinski definition) is 6. The maximum Gasteiger partial charge on any atom is 0.277 e. The highest BCUT2D eigenvalue weighted by molar-refractivity contribution is 7.14. The van der Waals surface area contributed by atoms with Gasteiger partial charge < -0.3 is 20.7 Å². The number of carbonyl (C=O) groups excluding carboxylic acids is 1. The minimum atomic E-state index is -0.880. The van der Waals surface area contributed by atoms with Crippen molar-refractivity contribution in [2.75, 3.05) is 6.61 Å². The van der Waals surface area contributed by atoms with Crippen LogP contribution >= 0.6 is 11.3 Å². The highest BCUT2D eigenvalue weighted by Gasteiger charge is 2.27. The van der Waals surface area contributed by atoms with Crippen LogP contribution in [0.1, 0.15) is 33.3 Å². The number of aliphatic hydroxyl groups is 2. The number of hydrogen-bond donors (Lipinski definition) is 3. The molecule has 0 bridgehead atoms. The van der Waals surface area contributed by atoms with Gasteiger partial charge >= 0.3 is 0 Å². The van der Waals surface area contributed by atoms with Gasteiger partial charge in [0.25, 0.3) is 5.91 Å². The summed E-state index contributed by atoms with van der Waals surface area (Å²) in [6, 6.07) is 5.24. The van der Waals surface area contributed by atoms with Crippen LogP contribution in [0.25, 0.3) is 11.3 Å². The predicted octanol–water partition coefficient (Wildman–Crippen LogP) is 1.07. The van der Waals surface area contributed by atoms with Gasteiger partial charge in [0.2, 0.25) is 0 Å². The van der Waals surface area contributed by atoms with Crippen LogP contribution in [0, 0.1) is 11.8 Å². The Labute approximate surface area is 136 Å². The Morgan fingerprint density at radius 2 is 2.35 bits per heavy atom. The van der Waals surface area contributed by atoms with E-state index in [4.69, 9.17) is 10.5 Å². The second-order valence-electron chi connectivity index (χ2n) is 5.08. The van der Waals surface area contributed by atoms with E-state index in [1.165, 1.54) is 0 Å². The SMILES string of the molecule is C[C@@H](O)C#Cc1ccc2c(c1)-c1nc(C(N)=O)sc1C(O)CO2. The molecule has 7 heteroatoms. The van der Waals surface area contributed by atoms with Crippen molar-refractivity contribution in [1.29, 1.82) is 0 Å². The lowest BCUT2D eigenvalue weighted by molar-refractivity contribution is 0.1000. The van der Waals surface area contributed by atoms with E-state index in [0.717, 1.165) is 11.3 Å². The van der Waals surface area contributed by atoms with Crippen LogP contribution in [0.3, 0.4) is 0 Å². The molecule has 0 fully saturated rings. The van der Waals surface area contributed by atoms with Crippen LogP contribution in [-0.2, 0) is 0 Å². The zero-order valence-electron chi connectivity index (χ0n) is 12.2. The Hall–Kier alpha value is -2.40. The number of nitrogens with zero attached hydrogens (tertiary/aromatic N) is 1. The molecule has 1 aliphatic rings. The van der Waals surface area contributed by atoms with Crippen molar-refractivity contribution < 1.29 is 19.7 Å². The monoisotopic (exact) mass is 330 g/mol. The Kier molecular flexibility index (Phi) is 4.05. The van der Waals surface area contributed by atoms with Crippen molar-refractivity contribution in [3.05, 3.63) is 33.6 Å². The van der Waals surface area contributed by atoms with E-state index in [-0.39, 0.29) is 11.6 Å². The molecule has 1 aromatic heterocycles. The maximum atomic E-state index is 11.4. The van der Waals surface area contributed by atoms with Crippen LogP contribution in [0.2, 0.25) is 0 Å². The van der Waals surface area contributed by atoms with E-state index < -0.39 is 18.1 Å². The number of primary amides is 1. The summed E-state index contributed by atoms with van der Waals surface area (Å²) in [5, 5.41) is 19.6. The normalized spacial score (nSPS) is 16.9. The summed E-state index contributed by atoms with van der Waals surface area (Å²) in [4.78, 5) is 16.2. The van der Waals surface area contributed by atoms with E-state index in [1.807, 2.05) is 0 Å². The van der Waals surface area contributed by atoms with Gasteiger partial charge in [-0.25, -0.2) is 4.98 Å². The van der Waals surface area contributed by atoms with Gasteiger partial charge in [0, 0.05) is 11.1 Å². The number of ether oxygens (including phenoxy) is 1. The standard InChI is InChI=1S/C16H14N2O4S/c1-8(19)2-3-9-4-5-12-10(6-9)13-14(11(20)7-22-12)23-16(18-13)15(17)21/h4-6,8,11,19-20H,7H2,1H3,(H2,17,21)/t8-,11?/m1/s1. The lowest BCUT2D eigenvalue weighted by Crippen LogP contribution is -2.10. The van der Waals surface area contributed by atoms with Crippen molar-refractivity contribution in [1.82, 2.24) is 4.98 Å². The average molecular weight is 330 g/mol. The fourth-order valence-corrected chi connectivity index (χ4v) is 3.11. The zero-order valence-corrected chi connectivity index (χ0v) is 13.1. The molecule has 1 aromatic carbocycles. The molecule has 23 heavy (non-hydrogen) atoms. The van der Waals surface area contributed by atoms with Gasteiger partial charge in [-0.15, -0.1) is 11.3 Å². The van der Waals surface area contributed by atoms with Crippen molar-refractivity contribution in [2.24, 2.45) is 5.73 Å². The zero-order chi connectivity index (χ0) is 16.6. The van der Waals surface area contributed by atoms with E-state index in [9.17, 15) is 15.0 Å². The molecule has 1 aliphatic heterocycles. The number of fused-ring (bicyclic) bond motifs is 3. The molecule has 0 aliphatic carbocycles. The molecule has 118 valence electrons. The first-order valence-corrected chi connectivity index (χ1v) is 7.72. The number of benzene rings is 1. The van der Waals surface area contributed by atoms with Gasteiger partial charge in [0.1, 0.15) is 24.6 Å². The Bertz CT molecular complexity index is 832. The quantitative estimate of drug-likeness (QED) is 0.678. The molecule has 6 nitrogen and oxygen atoms in total. The van der Waals surface area contributed by atoms with Gasteiger partial charge in [0.15, 0.2) is 5.01 Å². The molecule has 1 amide bonds. The minimum absolute atomic E-state index is 0.0685. The highest BCUT2D eigenvalue weighted by Crippen LogP contribution is 2.41. The minimum Gasteiger partial charge on any atom is -0.490 e. The molecule has 2 atom stereocenters. The number of rotatable bonds is 1. The lowest BCUT2D eigenvalue weighted by Gasteiger charge is -2.08. The van der Waals surface area contributed by atoms with E-state index in [1.54, 1.807) is 25.1 Å². The summed E-state index contributed by atoms with van der Waals surface area (Å²) in [5.41, 5.74) is 7.07. The second kappa shape index (κ2) is 6.01. The first kappa shape index (κ1) is 15.5. The topological polar surface area (TPSA) is 106 Å². The molecule has 3 rings (SSSR count). The van der Waals surface area contributed by atoms with Crippen LogP contribution < -0.4 is 10.5 Å². The van der Waals surface area contributed by atoms with E-state index >= 15 is 0 Å². The van der Waals surface area contributed by atoms with Crippen molar-refractivity contribution in [3.8, 4) is 28.8 Å². The number of amides is 1. The summed E-state index contributed by atoms with van der Waals surface area (Å²) in [6.45, 7) is 1.65. The third-order valence-corrected chi connectivity index (χ3v) is 4.39. The summed E-state index contributed by atoms with van der Waals surface area (Å²) in [7, 11) is 0. The van der Waals surface area contributed by atoms with Gasteiger partial charge in [-0.1, -0.05) is 11.8 Å². The van der Waals surface area contributed by atoms with Crippen molar-refractivity contribution in [2.45, 2.75) is 19.1 Å². The van der Waals surface area contributed by atoms with Crippen LogP contribution in [-0.4, -0.2) is 33.8 Å². The fraction of sp³-hybridized carbons (Fsp3) is 0.250. The smallest absolute Gasteiger partial charge is 0.277 e. The summed E-state index contributed by atoms with van der Waals surface area (Å²) >= 11 is 1.06. The molecule has 2 aromatic rings. The number of aromatic nitrogens is 1. The number of thiazole rings is 1. The van der Waals surface area contributed by atoms with Gasteiger partial charge in [-0.2, -0.15) is 0 Å². The third kappa shape index (κ3) is 3.05. The molecular weight excluding hydrogens is 316 g/mol. The molecule has 2 heterocycles. The van der Waals surface area contributed by atoms with Gasteiger partial charge in [-0.05, 0) is 25.1 Å². The number of carbonyl (C=O) groups is 1. The third-order valence-electron chi connectivity index (χ3n) is 3.22. The van der Waals surface area contributed by atoms with Crippen LogP contribution in [0.15, 0.2) is 18.2 Å². The molecule has 0 spiro atoms. The van der Waals surface area contributed by atoms with Crippen LogP contribution in [0.5, 0.6) is 5.75 Å². The van der Waals surface area contributed by atoms with Crippen molar-refractivity contribution in [3.63, 3.8) is 0 Å².